The third-order valence-corrected chi connectivity index (χ3v) is 4.23. The standard InChI is InChI=1S/C14H19FN2O2S/c1-20-13-7-6-9(8-10(13)15)16-14(19)17-11-4-2-3-5-12(11)18/h6-8,11-12,18H,2-5H2,1H3,(H2,16,17,19)/t11-,12+/m1/s1. The Balaban J connectivity index is 1.92. The Morgan fingerprint density at radius 2 is 2.15 bits per heavy atom. The largest absolute Gasteiger partial charge is 0.391 e. The predicted octanol–water partition coefficient (Wildman–Crippen LogP) is 2.97. The van der Waals surface area contributed by atoms with Crippen molar-refractivity contribution in [3.63, 3.8) is 0 Å². The first-order chi connectivity index (χ1) is 9.60. The molecular formula is C14H19FN2O2S. The minimum absolute atomic E-state index is 0.223. The first kappa shape index (κ1) is 15.1. The van der Waals surface area contributed by atoms with Crippen molar-refractivity contribution in [3.05, 3.63) is 24.0 Å². The van der Waals surface area contributed by atoms with Crippen LogP contribution in [0.2, 0.25) is 0 Å². The first-order valence-electron chi connectivity index (χ1n) is 6.69. The van der Waals surface area contributed by atoms with Gasteiger partial charge >= 0.3 is 6.03 Å². The van der Waals surface area contributed by atoms with Gasteiger partial charge in [0.05, 0.1) is 12.1 Å². The molecule has 0 aromatic heterocycles. The van der Waals surface area contributed by atoms with Crippen LogP contribution in [0.25, 0.3) is 0 Å². The van der Waals surface area contributed by atoms with Gasteiger partial charge in [0, 0.05) is 10.6 Å². The van der Waals surface area contributed by atoms with Gasteiger partial charge in [-0.1, -0.05) is 12.8 Å². The Morgan fingerprint density at radius 3 is 2.80 bits per heavy atom. The number of carbonyl (C=O) groups excluding carboxylic acids is 1. The summed E-state index contributed by atoms with van der Waals surface area (Å²) in [5, 5.41) is 15.1. The molecule has 1 aliphatic rings. The second-order valence-corrected chi connectivity index (χ2v) is 5.75. The van der Waals surface area contributed by atoms with E-state index in [0.29, 0.717) is 17.0 Å². The number of halogens is 1. The molecule has 1 fully saturated rings. The maximum absolute atomic E-state index is 13.6. The summed E-state index contributed by atoms with van der Waals surface area (Å²) in [5.41, 5.74) is 0.406. The summed E-state index contributed by atoms with van der Waals surface area (Å²) in [6.45, 7) is 0. The van der Waals surface area contributed by atoms with Gasteiger partial charge in [-0.15, -0.1) is 11.8 Å². The monoisotopic (exact) mass is 298 g/mol. The van der Waals surface area contributed by atoms with Gasteiger partial charge in [0.25, 0.3) is 0 Å². The van der Waals surface area contributed by atoms with Crippen molar-refractivity contribution in [3.8, 4) is 0 Å². The predicted molar refractivity (Wildman–Crippen MR) is 78.6 cm³/mol. The van der Waals surface area contributed by atoms with Gasteiger partial charge in [0.1, 0.15) is 5.82 Å². The molecule has 1 aromatic carbocycles. The number of thioether (sulfide) groups is 1. The van der Waals surface area contributed by atoms with Crippen molar-refractivity contribution >= 4 is 23.5 Å². The summed E-state index contributed by atoms with van der Waals surface area (Å²) in [5.74, 6) is -0.354. The van der Waals surface area contributed by atoms with E-state index in [0.717, 1.165) is 19.3 Å². The Labute approximate surface area is 122 Å². The number of carbonyl (C=O) groups is 1. The third kappa shape index (κ3) is 3.86. The second kappa shape index (κ2) is 6.95. The van der Waals surface area contributed by atoms with Gasteiger partial charge in [-0.3, -0.25) is 0 Å². The molecule has 20 heavy (non-hydrogen) atoms. The highest BCUT2D eigenvalue weighted by Crippen LogP contribution is 2.22. The average Bonchev–Trinajstić information content (AvgIpc) is 2.41. The number of nitrogens with one attached hydrogen (secondary N) is 2. The van der Waals surface area contributed by atoms with Crippen LogP contribution < -0.4 is 10.6 Å². The number of rotatable bonds is 3. The number of urea groups is 1. The van der Waals surface area contributed by atoms with Gasteiger partial charge in [-0.2, -0.15) is 0 Å². The van der Waals surface area contributed by atoms with Crippen LogP contribution in [0.5, 0.6) is 0 Å². The Kier molecular flexibility index (Phi) is 5.25. The fourth-order valence-electron chi connectivity index (χ4n) is 2.36. The van der Waals surface area contributed by atoms with E-state index in [1.807, 2.05) is 0 Å². The fourth-order valence-corrected chi connectivity index (χ4v) is 2.82. The first-order valence-corrected chi connectivity index (χ1v) is 7.91. The lowest BCUT2D eigenvalue weighted by Crippen LogP contribution is -2.46. The van der Waals surface area contributed by atoms with E-state index in [4.69, 9.17) is 0 Å². The SMILES string of the molecule is CSc1ccc(NC(=O)N[C@@H]2CCCC[C@@H]2O)cc1F. The second-order valence-electron chi connectivity index (χ2n) is 4.91. The highest BCUT2D eigenvalue weighted by Gasteiger charge is 2.24. The summed E-state index contributed by atoms with van der Waals surface area (Å²) in [7, 11) is 0. The number of aliphatic hydroxyl groups is 1. The molecule has 110 valence electrons. The maximum atomic E-state index is 13.6. The molecule has 1 saturated carbocycles. The van der Waals surface area contributed by atoms with Crippen LogP contribution in [-0.2, 0) is 0 Å². The quantitative estimate of drug-likeness (QED) is 0.752. The van der Waals surface area contributed by atoms with Crippen molar-refractivity contribution in [2.75, 3.05) is 11.6 Å². The zero-order valence-electron chi connectivity index (χ0n) is 11.4. The van der Waals surface area contributed by atoms with Crippen molar-refractivity contribution in [1.29, 1.82) is 0 Å². The summed E-state index contributed by atoms with van der Waals surface area (Å²) in [6.07, 6.45) is 4.77. The van der Waals surface area contributed by atoms with E-state index in [-0.39, 0.29) is 11.9 Å². The van der Waals surface area contributed by atoms with Crippen LogP contribution in [0.4, 0.5) is 14.9 Å². The molecule has 0 radical (unpaired) electrons. The summed E-state index contributed by atoms with van der Waals surface area (Å²) in [4.78, 5) is 12.4. The normalized spacial score (nSPS) is 22.4. The highest BCUT2D eigenvalue weighted by atomic mass is 32.2. The van der Waals surface area contributed by atoms with Crippen molar-refractivity contribution in [2.45, 2.75) is 42.7 Å². The molecule has 0 bridgehead atoms. The third-order valence-electron chi connectivity index (χ3n) is 3.46. The van der Waals surface area contributed by atoms with Crippen LogP contribution in [0, 0.1) is 5.82 Å². The Bertz CT molecular complexity index is 484. The molecular weight excluding hydrogens is 279 g/mol. The maximum Gasteiger partial charge on any atom is 0.319 e. The smallest absolute Gasteiger partial charge is 0.319 e. The number of hydrogen-bond acceptors (Lipinski definition) is 3. The van der Waals surface area contributed by atoms with Gasteiger partial charge in [0.2, 0.25) is 0 Å². The molecule has 0 unspecified atom stereocenters. The number of aliphatic hydroxyl groups excluding tert-OH is 1. The minimum atomic E-state index is -0.495. The molecule has 0 saturated heterocycles. The number of hydrogen-bond donors (Lipinski definition) is 3. The van der Waals surface area contributed by atoms with E-state index in [9.17, 15) is 14.3 Å². The molecule has 2 amide bonds. The van der Waals surface area contributed by atoms with Gasteiger partial charge in [0.15, 0.2) is 0 Å². The molecule has 2 rings (SSSR count). The fraction of sp³-hybridized carbons (Fsp3) is 0.500. The molecule has 6 heteroatoms. The van der Waals surface area contributed by atoms with Crippen LogP contribution >= 0.6 is 11.8 Å². The van der Waals surface area contributed by atoms with Gasteiger partial charge in [-0.25, -0.2) is 9.18 Å². The summed E-state index contributed by atoms with van der Waals surface area (Å²) < 4.78 is 13.6. The lowest BCUT2D eigenvalue weighted by atomic mass is 9.93. The molecule has 2 atom stereocenters. The summed E-state index contributed by atoms with van der Waals surface area (Å²) >= 11 is 1.32. The molecule has 1 aromatic rings. The van der Waals surface area contributed by atoms with Crippen molar-refractivity contribution < 1.29 is 14.3 Å². The Hall–Kier alpha value is -1.27. The molecule has 4 nitrogen and oxygen atoms in total. The Morgan fingerprint density at radius 1 is 1.40 bits per heavy atom. The number of anilines is 1. The topological polar surface area (TPSA) is 61.4 Å². The van der Waals surface area contributed by atoms with E-state index in [1.165, 1.54) is 17.8 Å². The van der Waals surface area contributed by atoms with E-state index in [2.05, 4.69) is 10.6 Å². The zero-order chi connectivity index (χ0) is 14.5. The molecule has 1 aliphatic carbocycles. The van der Waals surface area contributed by atoms with E-state index < -0.39 is 12.1 Å². The number of benzene rings is 1. The highest BCUT2D eigenvalue weighted by molar-refractivity contribution is 7.98. The molecule has 0 spiro atoms. The summed E-state index contributed by atoms with van der Waals surface area (Å²) in [6, 6.07) is 3.95. The van der Waals surface area contributed by atoms with Crippen LogP contribution in [-0.4, -0.2) is 29.5 Å². The lowest BCUT2D eigenvalue weighted by molar-refractivity contribution is 0.0955. The van der Waals surface area contributed by atoms with Crippen LogP contribution in [0.15, 0.2) is 23.1 Å². The molecule has 0 heterocycles. The molecule has 0 aliphatic heterocycles. The van der Waals surface area contributed by atoms with Crippen LogP contribution in [0.3, 0.4) is 0 Å². The van der Waals surface area contributed by atoms with E-state index >= 15 is 0 Å². The van der Waals surface area contributed by atoms with Crippen LogP contribution in [0.1, 0.15) is 25.7 Å². The van der Waals surface area contributed by atoms with E-state index in [1.54, 1.807) is 18.4 Å². The lowest BCUT2D eigenvalue weighted by Gasteiger charge is -2.28. The van der Waals surface area contributed by atoms with Crippen molar-refractivity contribution in [2.24, 2.45) is 0 Å². The average molecular weight is 298 g/mol. The van der Waals surface area contributed by atoms with Crippen molar-refractivity contribution in [1.82, 2.24) is 5.32 Å². The zero-order valence-corrected chi connectivity index (χ0v) is 12.2. The van der Waals surface area contributed by atoms with Gasteiger partial charge < -0.3 is 15.7 Å². The number of amides is 2. The molecule has 3 N–H and O–H groups in total. The van der Waals surface area contributed by atoms with Gasteiger partial charge in [-0.05, 0) is 37.3 Å². The minimum Gasteiger partial charge on any atom is -0.391 e.